The molecule has 0 aliphatic heterocycles. The van der Waals surface area contributed by atoms with Crippen molar-refractivity contribution in [3.63, 3.8) is 0 Å². The molecule has 1 heterocycles. The molecule has 0 fully saturated rings. The van der Waals surface area contributed by atoms with Gasteiger partial charge in [-0.1, -0.05) is 30.1 Å². The van der Waals surface area contributed by atoms with E-state index in [1.807, 2.05) is 14.0 Å². The molecule has 0 amide bonds. The lowest BCUT2D eigenvalue weighted by Gasteiger charge is -2.09. The Morgan fingerprint density at radius 2 is 2.15 bits per heavy atom. The Hall–Kier alpha value is -1.70. The minimum absolute atomic E-state index is 0.512. The molecule has 0 unspecified atom stereocenters. The van der Waals surface area contributed by atoms with Crippen LogP contribution in [0.3, 0.4) is 0 Å². The van der Waals surface area contributed by atoms with Gasteiger partial charge in [-0.25, -0.2) is 0 Å². The normalized spacial score (nSPS) is 10.3. The van der Waals surface area contributed by atoms with Gasteiger partial charge < -0.3 is 5.32 Å². The van der Waals surface area contributed by atoms with Crippen LogP contribution >= 0.6 is 23.2 Å². The molecule has 0 aliphatic rings. The van der Waals surface area contributed by atoms with Gasteiger partial charge in [0.05, 0.1) is 45.3 Å². The first-order chi connectivity index (χ1) is 9.56. The van der Waals surface area contributed by atoms with Crippen LogP contribution in [0.4, 0.5) is 5.69 Å². The van der Waals surface area contributed by atoms with Crippen molar-refractivity contribution in [1.82, 2.24) is 9.78 Å². The van der Waals surface area contributed by atoms with Crippen LogP contribution in [0.25, 0.3) is 0 Å². The zero-order valence-electron chi connectivity index (χ0n) is 11.2. The standard InChI is InChI=1S/C14H14Cl2N4/c1-3-11-14(16)13(20(2)19-11)8-18-12-5-4-9(7-17)6-10(12)15/h4-6,18H,3,8H2,1-2H3. The SMILES string of the molecule is CCc1nn(C)c(CNc2ccc(C#N)cc2Cl)c1Cl. The van der Waals surface area contributed by atoms with Gasteiger partial charge in [-0.3, -0.25) is 4.68 Å². The zero-order chi connectivity index (χ0) is 14.7. The van der Waals surface area contributed by atoms with Crippen LogP contribution in [0.1, 0.15) is 23.9 Å². The van der Waals surface area contributed by atoms with Crippen molar-refractivity contribution >= 4 is 28.9 Å². The fourth-order valence-electron chi connectivity index (χ4n) is 1.92. The maximum Gasteiger partial charge on any atom is 0.0992 e. The molecule has 0 radical (unpaired) electrons. The third-order valence-corrected chi connectivity index (χ3v) is 3.80. The van der Waals surface area contributed by atoms with Crippen molar-refractivity contribution in [1.29, 1.82) is 5.26 Å². The molecule has 6 heteroatoms. The number of rotatable bonds is 4. The average Bonchev–Trinajstić information content (AvgIpc) is 2.72. The second-order valence-electron chi connectivity index (χ2n) is 4.34. The number of nitrogens with one attached hydrogen (secondary N) is 1. The highest BCUT2D eigenvalue weighted by Gasteiger charge is 2.13. The lowest BCUT2D eigenvalue weighted by atomic mass is 10.2. The van der Waals surface area contributed by atoms with E-state index in [9.17, 15) is 0 Å². The fraction of sp³-hybridized carbons (Fsp3) is 0.286. The quantitative estimate of drug-likeness (QED) is 0.935. The van der Waals surface area contributed by atoms with Gasteiger partial charge in [0.1, 0.15) is 0 Å². The van der Waals surface area contributed by atoms with E-state index in [1.165, 1.54) is 0 Å². The van der Waals surface area contributed by atoms with Crippen LogP contribution in [0.15, 0.2) is 18.2 Å². The molecular weight excluding hydrogens is 295 g/mol. The number of aryl methyl sites for hydroxylation is 2. The van der Waals surface area contributed by atoms with Crippen molar-refractivity contribution in [3.05, 3.63) is 45.2 Å². The maximum absolute atomic E-state index is 8.81. The first kappa shape index (κ1) is 14.7. The van der Waals surface area contributed by atoms with Crippen molar-refractivity contribution in [3.8, 4) is 6.07 Å². The Kier molecular flexibility index (Phi) is 4.53. The highest BCUT2D eigenvalue weighted by molar-refractivity contribution is 6.33. The number of halogens is 2. The summed E-state index contributed by atoms with van der Waals surface area (Å²) in [6.07, 6.45) is 0.796. The summed E-state index contributed by atoms with van der Waals surface area (Å²) in [6.45, 7) is 2.54. The number of anilines is 1. The summed E-state index contributed by atoms with van der Waals surface area (Å²) in [5, 5.41) is 17.6. The lowest BCUT2D eigenvalue weighted by Crippen LogP contribution is -2.06. The molecule has 20 heavy (non-hydrogen) atoms. The molecule has 0 saturated carbocycles. The van der Waals surface area contributed by atoms with Gasteiger partial charge in [-0.15, -0.1) is 0 Å². The van der Waals surface area contributed by atoms with E-state index >= 15 is 0 Å². The van der Waals surface area contributed by atoms with E-state index in [1.54, 1.807) is 22.9 Å². The third-order valence-electron chi connectivity index (χ3n) is 3.05. The highest BCUT2D eigenvalue weighted by Crippen LogP contribution is 2.25. The minimum atomic E-state index is 0.512. The van der Waals surface area contributed by atoms with Gasteiger partial charge in [0.2, 0.25) is 0 Å². The van der Waals surface area contributed by atoms with Crippen LogP contribution in [0.5, 0.6) is 0 Å². The molecule has 0 bridgehead atoms. The molecule has 0 aliphatic carbocycles. The Morgan fingerprint density at radius 1 is 1.40 bits per heavy atom. The molecule has 0 atom stereocenters. The van der Waals surface area contributed by atoms with Gasteiger partial charge >= 0.3 is 0 Å². The summed E-state index contributed by atoms with van der Waals surface area (Å²) >= 11 is 12.4. The Morgan fingerprint density at radius 3 is 2.70 bits per heavy atom. The van der Waals surface area contributed by atoms with Gasteiger partial charge in [0.15, 0.2) is 0 Å². The average molecular weight is 309 g/mol. The number of hydrogen-bond acceptors (Lipinski definition) is 3. The fourth-order valence-corrected chi connectivity index (χ4v) is 2.53. The van der Waals surface area contributed by atoms with Gasteiger partial charge in [-0.05, 0) is 24.6 Å². The van der Waals surface area contributed by atoms with Crippen molar-refractivity contribution < 1.29 is 0 Å². The monoisotopic (exact) mass is 308 g/mol. The van der Waals surface area contributed by atoms with Gasteiger partial charge in [0, 0.05) is 7.05 Å². The first-order valence-corrected chi connectivity index (χ1v) is 6.96. The predicted octanol–water partition coefficient (Wildman–Crippen LogP) is 3.77. The Bertz CT molecular complexity index is 671. The molecule has 2 aromatic rings. The molecule has 0 spiro atoms. The van der Waals surface area contributed by atoms with Crippen LogP contribution in [0.2, 0.25) is 10.0 Å². The zero-order valence-corrected chi connectivity index (χ0v) is 12.8. The van der Waals surface area contributed by atoms with Gasteiger partial charge in [0.25, 0.3) is 0 Å². The molecular formula is C14H14Cl2N4. The molecule has 1 aromatic carbocycles. The second kappa shape index (κ2) is 6.17. The molecule has 2 rings (SSSR count). The summed E-state index contributed by atoms with van der Waals surface area (Å²) in [7, 11) is 1.86. The molecule has 0 saturated heterocycles. The first-order valence-electron chi connectivity index (χ1n) is 6.20. The Balaban J connectivity index is 2.17. The van der Waals surface area contributed by atoms with Crippen LogP contribution < -0.4 is 5.32 Å². The smallest absolute Gasteiger partial charge is 0.0992 e. The van der Waals surface area contributed by atoms with E-state index in [0.717, 1.165) is 23.5 Å². The summed E-state index contributed by atoms with van der Waals surface area (Å²) in [5.41, 5.74) is 3.09. The summed E-state index contributed by atoms with van der Waals surface area (Å²) < 4.78 is 1.77. The van der Waals surface area contributed by atoms with Crippen molar-refractivity contribution in [2.45, 2.75) is 19.9 Å². The molecule has 104 valence electrons. The molecule has 4 nitrogen and oxygen atoms in total. The van der Waals surface area contributed by atoms with E-state index in [-0.39, 0.29) is 0 Å². The number of benzene rings is 1. The Labute approximate surface area is 127 Å². The topological polar surface area (TPSA) is 53.6 Å². The summed E-state index contributed by atoms with van der Waals surface area (Å²) in [5.74, 6) is 0. The van der Waals surface area contributed by atoms with Crippen LogP contribution in [-0.4, -0.2) is 9.78 Å². The molecule has 1 N–H and O–H groups in total. The number of aromatic nitrogens is 2. The maximum atomic E-state index is 8.81. The van der Waals surface area contributed by atoms with Crippen molar-refractivity contribution in [2.75, 3.05) is 5.32 Å². The van der Waals surface area contributed by atoms with Crippen LogP contribution in [-0.2, 0) is 20.0 Å². The van der Waals surface area contributed by atoms with E-state index < -0.39 is 0 Å². The van der Waals surface area contributed by atoms with E-state index in [2.05, 4.69) is 16.5 Å². The van der Waals surface area contributed by atoms with E-state index in [0.29, 0.717) is 22.2 Å². The van der Waals surface area contributed by atoms with E-state index in [4.69, 9.17) is 28.5 Å². The molecule has 1 aromatic heterocycles. The third kappa shape index (κ3) is 2.90. The highest BCUT2D eigenvalue weighted by atomic mass is 35.5. The second-order valence-corrected chi connectivity index (χ2v) is 5.13. The largest absolute Gasteiger partial charge is 0.378 e. The number of nitrogens with zero attached hydrogens (tertiary/aromatic N) is 3. The van der Waals surface area contributed by atoms with Crippen LogP contribution in [0, 0.1) is 11.3 Å². The van der Waals surface area contributed by atoms with Crippen molar-refractivity contribution in [2.24, 2.45) is 7.05 Å². The predicted molar refractivity (Wildman–Crippen MR) is 81.1 cm³/mol. The summed E-state index contributed by atoms with van der Waals surface area (Å²) in [4.78, 5) is 0. The lowest BCUT2D eigenvalue weighted by molar-refractivity contribution is 0.707. The number of nitriles is 1. The number of hydrogen-bond donors (Lipinski definition) is 1. The van der Waals surface area contributed by atoms with Gasteiger partial charge in [-0.2, -0.15) is 10.4 Å². The minimum Gasteiger partial charge on any atom is -0.378 e. The summed E-state index contributed by atoms with van der Waals surface area (Å²) in [6, 6.07) is 7.18.